The Morgan fingerprint density at radius 1 is 1.43 bits per heavy atom. The number of hydrogen-bond acceptors (Lipinski definition) is 5. The van der Waals surface area contributed by atoms with Gasteiger partial charge in [-0.15, -0.1) is 0 Å². The lowest BCUT2D eigenvalue weighted by atomic mass is 9.97. The van der Waals surface area contributed by atoms with Crippen LogP contribution in [0.5, 0.6) is 0 Å². The standard InChI is InChI=1S/C15H23N3O3/c1-4-10(16)14(12-7-6-9(3)21-12)18-8-13(19)17-15(20)11(18)5-2/h6-7,10-11,14H,4-5,8,16H2,1-3H3,(H,17,19,20). The highest BCUT2D eigenvalue weighted by atomic mass is 16.3. The van der Waals surface area contributed by atoms with E-state index in [2.05, 4.69) is 5.32 Å². The van der Waals surface area contributed by atoms with Crippen molar-refractivity contribution in [1.29, 1.82) is 0 Å². The van der Waals surface area contributed by atoms with Crippen LogP contribution in [0.15, 0.2) is 16.5 Å². The number of rotatable bonds is 5. The second kappa shape index (κ2) is 6.41. The van der Waals surface area contributed by atoms with Gasteiger partial charge in [-0.05, 0) is 31.9 Å². The van der Waals surface area contributed by atoms with E-state index in [1.54, 1.807) is 0 Å². The van der Waals surface area contributed by atoms with E-state index in [1.165, 1.54) is 0 Å². The van der Waals surface area contributed by atoms with Crippen LogP contribution in [0.25, 0.3) is 0 Å². The van der Waals surface area contributed by atoms with E-state index in [-0.39, 0.29) is 36.5 Å². The SMILES string of the molecule is CCC(N)C(c1ccc(C)o1)N1CC(=O)NC(=O)C1CC. The Balaban J connectivity index is 2.38. The Bertz CT molecular complexity index is 526. The van der Waals surface area contributed by atoms with E-state index >= 15 is 0 Å². The van der Waals surface area contributed by atoms with Crippen LogP contribution in [-0.4, -0.2) is 35.3 Å². The molecule has 1 aromatic heterocycles. The molecule has 1 aliphatic rings. The summed E-state index contributed by atoms with van der Waals surface area (Å²) in [4.78, 5) is 25.7. The Morgan fingerprint density at radius 2 is 2.14 bits per heavy atom. The molecular weight excluding hydrogens is 270 g/mol. The maximum absolute atomic E-state index is 12.1. The van der Waals surface area contributed by atoms with Crippen LogP contribution in [0, 0.1) is 6.92 Å². The molecule has 0 bridgehead atoms. The maximum atomic E-state index is 12.1. The molecule has 6 heteroatoms. The number of imide groups is 1. The van der Waals surface area contributed by atoms with Crippen LogP contribution >= 0.6 is 0 Å². The lowest BCUT2D eigenvalue weighted by Crippen LogP contribution is -2.60. The van der Waals surface area contributed by atoms with E-state index < -0.39 is 0 Å². The molecule has 2 heterocycles. The Hall–Kier alpha value is -1.66. The van der Waals surface area contributed by atoms with Gasteiger partial charge in [0, 0.05) is 6.04 Å². The molecular formula is C15H23N3O3. The minimum Gasteiger partial charge on any atom is -0.465 e. The molecule has 6 nitrogen and oxygen atoms in total. The summed E-state index contributed by atoms with van der Waals surface area (Å²) in [6, 6.07) is 2.90. The van der Waals surface area contributed by atoms with Crippen LogP contribution in [0.4, 0.5) is 0 Å². The first-order valence-electron chi connectivity index (χ1n) is 7.39. The third-order valence-electron chi connectivity index (χ3n) is 3.97. The maximum Gasteiger partial charge on any atom is 0.243 e. The van der Waals surface area contributed by atoms with Gasteiger partial charge >= 0.3 is 0 Å². The fourth-order valence-corrected chi connectivity index (χ4v) is 2.85. The second-order valence-electron chi connectivity index (χ2n) is 5.47. The van der Waals surface area contributed by atoms with Gasteiger partial charge in [-0.25, -0.2) is 0 Å². The number of piperazine rings is 1. The molecule has 3 unspecified atom stereocenters. The summed E-state index contributed by atoms with van der Waals surface area (Å²) in [7, 11) is 0. The van der Waals surface area contributed by atoms with E-state index in [0.29, 0.717) is 12.2 Å². The van der Waals surface area contributed by atoms with Gasteiger partial charge < -0.3 is 10.2 Å². The second-order valence-corrected chi connectivity index (χ2v) is 5.47. The molecule has 2 amide bonds. The fourth-order valence-electron chi connectivity index (χ4n) is 2.85. The minimum absolute atomic E-state index is 0.155. The lowest BCUT2D eigenvalue weighted by Gasteiger charge is -2.40. The molecule has 2 rings (SSSR count). The zero-order valence-corrected chi connectivity index (χ0v) is 12.8. The highest BCUT2D eigenvalue weighted by Gasteiger charge is 2.40. The number of carbonyl (C=O) groups excluding carboxylic acids is 2. The third-order valence-corrected chi connectivity index (χ3v) is 3.97. The van der Waals surface area contributed by atoms with Gasteiger partial charge in [0.05, 0.1) is 18.6 Å². The Labute approximate surface area is 124 Å². The highest BCUT2D eigenvalue weighted by molar-refractivity contribution is 6.01. The van der Waals surface area contributed by atoms with Gasteiger partial charge in [0.2, 0.25) is 11.8 Å². The smallest absolute Gasteiger partial charge is 0.243 e. The van der Waals surface area contributed by atoms with Crippen molar-refractivity contribution in [2.24, 2.45) is 5.73 Å². The summed E-state index contributed by atoms with van der Waals surface area (Å²) in [5.74, 6) is 0.952. The quantitative estimate of drug-likeness (QED) is 0.794. The molecule has 0 spiro atoms. The van der Waals surface area contributed by atoms with Crippen LogP contribution in [0.3, 0.4) is 0 Å². The molecule has 0 aliphatic carbocycles. The lowest BCUT2D eigenvalue weighted by molar-refractivity contribution is -0.142. The summed E-state index contributed by atoms with van der Waals surface area (Å²) < 4.78 is 5.72. The van der Waals surface area contributed by atoms with Gasteiger partial charge in [0.15, 0.2) is 0 Å². The summed E-state index contributed by atoms with van der Waals surface area (Å²) in [6.07, 6.45) is 1.35. The van der Waals surface area contributed by atoms with Crippen molar-refractivity contribution in [2.45, 2.75) is 51.7 Å². The molecule has 0 saturated carbocycles. The largest absolute Gasteiger partial charge is 0.465 e. The molecule has 1 aromatic rings. The van der Waals surface area contributed by atoms with Crippen molar-refractivity contribution in [3.8, 4) is 0 Å². The molecule has 1 saturated heterocycles. The van der Waals surface area contributed by atoms with Crippen molar-refractivity contribution >= 4 is 11.8 Å². The van der Waals surface area contributed by atoms with Crippen LogP contribution in [-0.2, 0) is 9.59 Å². The van der Waals surface area contributed by atoms with E-state index in [9.17, 15) is 9.59 Å². The third kappa shape index (κ3) is 3.16. The Morgan fingerprint density at radius 3 is 2.67 bits per heavy atom. The minimum atomic E-state index is -0.365. The fraction of sp³-hybridized carbons (Fsp3) is 0.600. The normalized spacial score (nSPS) is 23.0. The van der Waals surface area contributed by atoms with Crippen molar-refractivity contribution in [2.75, 3.05) is 6.54 Å². The molecule has 116 valence electrons. The van der Waals surface area contributed by atoms with Crippen LogP contribution in [0.2, 0.25) is 0 Å². The number of aryl methyl sites for hydroxylation is 1. The van der Waals surface area contributed by atoms with Gasteiger partial charge in [-0.1, -0.05) is 13.8 Å². The zero-order chi connectivity index (χ0) is 15.6. The molecule has 21 heavy (non-hydrogen) atoms. The molecule has 0 radical (unpaired) electrons. The van der Waals surface area contributed by atoms with Crippen molar-refractivity contribution in [1.82, 2.24) is 10.2 Å². The summed E-state index contributed by atoms with van der Waals surface area (Å²) in [6.45, 7) is 5.93. The molecule has 1 aliphatic heterocycles. The predicted molar refractivity (Wildman–Crippen MR) is 78.4 cm³/mol. The van der Waals surface area contributed by atoms with Gasteiger partial charge in [-0.3, -0.25) is 19.8 Å². The van der Waals surface area contributed by atoms with Gasteiger partial charge in [-0.2, -0.15) is 0 Å². The number of furan rings is 1. The first kappa shape index (κ1) is 15.7. The van der Waals surface area contributed by atoms with Crippen LogP contribution < -0.4 is 11.1 Å². The number of amides is 2. The average Bonchev–Trinajstić information content (AvgIpc) is 2.84. The van der Waals surface area contributed by atoms with Gasteiger partial charge in [0.1, 0.15) is 11.5 Å². The molecule has 3 atom stereocenters. The van der Waals surface area contributed by atoms with Crippen molar-refractivity contribution in [3.63, 3.8) is 0 Å². The monoisotopic (exact) mass is 293 g/mol. The molecule has 3 N–H and O–H groups in total. The molecule has 1 fully saturated rings. The first-order valence-corrected chi connectivity index (χ1v) is 7.39. The summed E-state index contributed by atoms with van der Waals surface area (Å²) in [5.41, 5.74) is 6.25. The van der Waals surface area contributed by atoms with E-state index in [4.69, 9.17) is 10.2 Å². The van der Waals surface area contributed by atoms with E-state index in [1.807, 2.05) is 37.8 Å². The average molecular weight is 293 g/mol. The van der Waals surface area contributed by atoms with E-state index in [0.717, 1.165) is 12.2 Å². The number of hydrogen-bond donors (Lipinski definition) is 2. The van der Waals surface area contributed by atoms with Gasteiger partial charge in [0.25, 0.3) is 0 Å². The first-order chi connectivity index (χ1) is 9.97. The van der Waals surface area contributed by atoms with Crippen molar-refractivity contribution in [3.05, 3.63) is 23.7 Å². The highest BCUT2D eigenvalue weighted by Crippen LogP contribution is 2.30. The number of nitrogens with zero attached hydrogens (tertiary/aromatic N) is 1. The summed E-state index contributed by atoms with van der Waals surface area (Å²) >= 11 is 0. The van der Waals surface area contributed by atoms with Crippen LogP contribution in [0.1, 0.15) is 44.3 Å². The topological polar surface area (TPSA) is 88.6 Å². The predicted octanol–water partition coefficient (Wildman–Crippen LogP) is 1.10. The number of nitrogens with one attached hydrogen (secondary N) is 1. The number of carbonyl (C=O) groups is 2. The number of nitrogens with two attached hydrogens (primary N) is 1. The zero-order valence-electron chi connectivity index (χ0n) is 12.8. The molecule has 0 aromatic carbocycles. The van der Waals surface area contributed by atoms with Crippen molar-refractivity contribution < 1.29 is 14.0 Å². The Kier molecular flexibility index (Phi) is 4.80. The summed E-state index contributed by atoms with van der Waals surface area (Å²) in [5, 5.41) is 2.39.